The average molecular weight is 258 g/mol. The fraction of sp³-hybridized carbons (Fsp3) is 0.429. The van der Waals surface area contributed by atoms with E-state index in [1.165, 1.54) is 30.5 Å². The van der Waals surface area contributed by atoms with E-state index in [9.17, 15) is 0 Å². The molecule has 2 aromatic rings. The van der Waals surface area contributed by atoms with Crippen molar-refractivity contribution in [1.29, 1.82) is 0 Å². The fourth-order valence-electron chi connectivity index (χ4n) is 2.44. The van der Waals surface area contributed by atoms with Crippen molar-refractivity contribution in [2.75, 3.05) is 18.4 Å². The number of piperidine rings is 1. The highest BCUT2D eigenvalue weighted by molar-refractivity contribution is 5.62. The van der Waals surface area contributed by atoms with Crippen molar-refractivity contribution in [1.82, 2.24) is 15.5 Å². The number of anilines is 1. The monoisotopic (exact) mass is 258 g/mol. The largest absolute Gasteiger partial charge is 0.423 e. The Morgan fingerprint density at radius 2 is 2.16 bits per heavy atom. The standard InChI is InChI=1S/C14H18N4O/c1-10-8-11(14-18-16-9-19-14)2-3-13(10)17-12-4-6-15-7-5-12/h2-3,8-9,12,15,17H,4-7H2,1H3. The van der Waals surface area contributed by atoms with Gasteiger partial charge in [-0.1, -0.05) is 0 Å². The summed E-state index contributed by atoms with van der Waals surface area (Å²) < 4.78 is 5.21. The molecule has 1 fully saturated rings. The van der Waals surface area contributed by atoms with Crippen LogP contribution < -0.4 is 10.6 Å². The molecule has 1 aliphatic rings. The molecule has 2 N–H and O–H groups in total. The summed E-state index contributed by atoms with van der Waals surface area (Å²) in [6, 6.07) is 6.76. The number of hydrogen-bond acceptors (Lipinski definition) is 5. The molecular formula is C14H18N4O. The number of hydrogen-bond donors (Lipinski definition) is 2. The van der Waals surface area contributed by atoms with Crippen LogP contribution >= 0.6 is 0 Å². The molecule has 0 amide bonds. The lowest BCUT2D eigenvalue weighted by Gasteiger charge is -2.25. The molecule has 0 bridgehead atoms. The molecule has 0 atom stereocenters. The van der Waals surface area contributed by atoms with E-state index in [1.807, 2.05) is 6.07 Å². The van der Waals surface area contributed by atoms with Crippen LogP contribution in [0.3, 0.4) is 0 Å². The lowest BCUT2D eigenvalue weighted by molar-refractivity contribution is 0.479. The molecule has 0 saturated carbocycles. The van der Waals surface area contributed by atoms with Gasteiger partial charge in [0.25, 0.3) is 0 Å². The maximum Gasteiger partial charge on any atom is 0.247 e. The smallest absolute Gasteiger partial charge is 0.247 e. The number of nitrogens with one attached hydrogen (secondary N) is 2. The second kappa shape index (κ2) is 5.40. The van der Waals surface area contributed by atoms with Crippen molar-refractivity contribution < 1.29 is 4.42 Å². The summed E-state index contributed by atoms with van der Waals surface area (Å²) in [4.78, 5) is 0. The lowest BCUT2D eigenvalue weighted by Crippen LogP contribution is -2.35. The van der Waals surface area contributed by atoms with Gasteiger partial charge in [-0.2, -0.15) is 0 Å². The molecule has 0 aliphatic carbocycles. The highest BCUT2D eigenvalue weighted by Gasteiger charge is 2.14. The van der Waals surface area contributed by atoms with E-state index in [1.54, 1.807) is 0 Å². The predicted molar refractivity (Wildman–Crippen MR) is 74.0 cm³/mol. The Morgan fingerprint density at radius 3 is 2.84 bits per heavy atom. The Hall–Kier alpha value is -1.88. The summed E-state index contributed by atoms with van der Waals surface area (Å²) in [5, 5.41) is 14.6. The molecule has 2 heterocycles. The zero-order valence-corrected chi connectivity index (χ0v) is 11.0. The van der Waals surface area contributed by atoms with Crippen LogP contribution in [0, 0.1) is 6.92 Å². The summed E-state index contributed by atoms with van der Waals surface area (Å²) in [6.07, 6.45) is 3.70. The molecule has 1 aromatic carbocycles. The number of rotatable bonds is 3. The molecular weight excluding hydrogens is 240 g/mol. The van der Waals surface area contributed by atoms with E-state index in [0.29, 0.717) is 11.9 Å². The normalized spacial score (nSPS) is 16.5. The van der Waals surface area contributed by atoms with Gasteiger partial charge in [0.2, 0.25) is 12.3 Å². The summed E-state index contributed by atoms with van der Waals surface area (Å²) >= 11 is 0. The average Bonchev–Trinajstić information content (AvgIpc) is 2.96. The van der Waals surface area contributed by atoms with E-state index in [-0.39, 0.29) is 0 Å². The third-order valence-electron chi connectivity index (χ3n) is 3.53. The molecule has 19 heavy (non-hydrogen) atoms. The van der Waals surface area contributed by atoms with E-state index < -0.39 is 0 Å². The molecule has 100 valence electrons. The van der Waals surface area contributed by atoms with Crippen molar-refractivity contribution >= 4 is 5.69 Å². The number of aromatic nitrogens is 2. The molecule has 0 radical (unpaired) electrons. The molecule has 5 heteroatoms. The van der Waals surface area contributed by atoms with Crippen molar-refractivity contribution in [2.45, 2.75) is 25.8 Å². The first-order chi connectivity index (χ1) is 9.33. The minimum Gasteiger partial charge on any atom is -0.423 e. The SMILES string of the molecule is Cc1cc(-c2nnco2)ccc1NC1CCNCC1. The predicted octanol–water partition coefficient (Wildman–Crippen LogP) is 2.21. The first kappa shape index (κ1) is 12.2. The highest BCUT2D eigenvalue weighted by Crippen LogP contribution is 2.24. The molecule has 0 spiro atoms. The van der Waals surface area contributed by atoms with Crippen LogP contribution in [0.25, 0.3) is 11.5 Å². The van der Waals surface area contributed by atoms with Crippen LogP contribution in [0.4, 0.5) is 5.69 Å². The van der Waals surface area contributed by atoms with Crippen molar-refractivity contribution in [3.63, 3.8) is 0 Å². The van der Waals surface area contributed by atoms with Crippen LogP contribution in [0.5, 0.6) is 0 Å². The number of benzene rings is 1. The Labute approximate surface area is 112 Å². The van der Waals surface area contributed by atoms with Crippen LogP contribution in [-0.2, 0) is 0 Å². The van der Waals surface area contributed by atoms with Gasteiger partial charge in [-0.05, 0) is 56.6 Å². The second-order valence-electron chi connectivity index (χ2n) is 4.94. The van der Waals surface area contributed by atoms with Crippen molar-refractivity contribution in [2.24, 2.45) is 0 Å². The number of aryl methyl sites for hydroxylation is 1. The molecule has 1 saturated heterocycles. The van der Waals surface area contributed by atoms with Gasteiger partial charge in [-0.25, -0.2) is 0 Å². The Balaban J connectivity index is 1.76. The van der Waals surface area contributed by atoms with Gasteiger partial charge in [0.05, 0.1) is 0 Å². The highest BCUT2D eigenvalue weighted by atomic mass is 16.4. The minimum absolute atomic E-state index is 0.564. The maximum atomic E-state index is 5.21. The van der Waals surface area contributed by atoms with Crippen LogP contribution in [0.1, 0.15) is 18.4 Å². The summed E-state index contributed by atoms with van der Waals surface area (Å²) in [5.74, 6) is 0.566. The maximum absolute atomic E-state index is 5.21. The van der Waals surface area contributed by atoms with Gasteiger partial charge in [0.1, 0.15) is 0 Å². The van der Waals surface area contributed by atoms with Gasteiger partial charge < -0.3 is 15.1 Å². The van der Waals surface area contributed by atoms with Crippen LogP contribution in [-0.4, -0.2) is 29.3 Å². The van der Waals surface area contributed by atoms with Crippen LogP contribution in [0.15, 0.2) is 29.0 Å². The van der Waals surface area contributed by atoms with E-state index in [2.05, 4.69) is 39.9 Å². The Morgan fingerprint density at radius 1 is 1.32 bits per heavy atom. The van der Waals surface area contributed by atoms with Gasteiger partial charge in [-0.3, -0.25) is 0 Å². The Bertz CT molecular complexity index is 532. The lowest BCUT2D eigenvalue weighted by atomic mass is 10.0. The second-order valence-corrected chi connectivity index (χ2v) is 4.94. The molecule has 1 aliphatic heterocycles. The van der Waals surface area contributed by atoms with Gasteiger partial charge >= 0.3 is 0 Å². The van der Waals surface area contributed by atoms with E-state index >= 15 is 0 Å². The molecule has 3 rings (SSSR count). The van der Waals surface area contributed by atoms with Gasteiger partial charge in [0.15, 0.2) is 0 Å². The quantitative estimate of drug-likeness (QED) is 0.883. The van der Waals surface area contributed by atoms with Gasteiger partial charge in [0, 0.05) is 17.3 Å². The van der Waals surface area contributed by atoms with E-state index in [0.717, 1.165) is 18.7 Å². The van der Waals surface area contributed by atoms with Gasteiger partial charge in [-0.15, -0.1) is 10.2 Å². The summed E-state index contributed by atoms with van der Waals surface area (Å²) in [5.41, 5.74) is 3.36. The third-order valence-corrected chi connectivity index (χ3v) is 3.53. The topological polar surface area (TPSA) is 63.0 Å². The Kier molecular flexibility index (Phi) is 3.46. The molecule has 1 aromatic heterocycles. The summed E-state index contributed by atoms with van der Waals surface area (Å²) in [7, 11) is 0. The van der Waals surface area contributed by atoms with Crippen LogP contribution in [0.2, 0.25) is 0 Å². The first-order valence-electron chi connectivity index (χ1n) is 6.67. The zero-order valence-electron chi connectivity index (χ0n) is 11.0. The zero-order chi connectivity index (χ0) is 13.1. The van der Waals surface area contributed by atoms with E-state index in [4.69, 9.17) is 4.42 Å². The minimum atomic E-state index is 0.564. The number of nitrogens with zero attached hydrogens (tertiary/aromatic N) is 2. The molecule has 5 nitrogen and oxygen atoms in total. The third kappa shape index (κ3) is 2.76. The fourth-order valence-corrected chi connectivity index (χ4v) is 2.44. The molecule has 0 unspecified atom stereocenters. The van der Waals surface area contributed by atoms with Crippen molar-refractivity contribution in [3.8, 4) is 11.5 Å². The summed E-state index contributed by atoms with van der Waals surface area (Å²) in [6.45, 7) is 4.29. The van der Waals surface area contributed by atoms with Crippen molar-refractivity contribution in [3.05, 3.63) is 30.2 Å². The first-order valence-corrected chi connectivity index (χ1v) is 6.67.